The standard InChI is InChI=1S/C18H29NO/c1-4-15-7-5-6-8-17(15)20-18(13-19-3)16-11-9-14(2)10-12-16/h9-12,15,17-19H,4-8,13H2,1-3H3. The Hall–Kier alpha value is -0.860. The molecule has 0 bridgehead atoms. The highest BCUT2D eigenvalue weighted by molar-refractivity contribution is 5.23. The lowest BCUT2D eigenvalue weighted by Gasteiger charge is -2.34. The number of nitrogens with one attached hydrogen (secondary N) is 1. The van der Waals surface area contributed by atoms with Gasteiger partial charge in [0.05, 0.1) is 12.2 Å². The molecule has 0 spiro atoms. The minimum absolute atomic E-state index is 0.178. The monoisotopic (exact) mass is 275 g/mol. The Kier molecular flexibility index (Phi) is 6.06. The summed E-state index contributed by atoms with van der Waals surface area (Å²) in [6, 6.07) is 8.78. The minimum Gasteiger partial charge on any atom is -0.369 e. The van der Waals surface area contributed by atoms with Gasteiger partial charge in [0.15, 0.2) is 0 Å². The second-order valence-electron chi connectivity index (χ2n) is 6.08. The topological polar surface area (TPSA) is 21.3 Å². The lowest BCUT2D eigenvalue weighted by molar-refractivity contribution is -0.0610. The van der Waals surface area contributed by atoms with Gasteiger partial charge in [0.1, 0.15) is 0 Å². The van der Waals surface area contributed by atoms with E-state index in [9.17, 15) is 0 Å². The van der Waals surface area contributed by atoms with E-state index in [2.05, 4.69) is 43.4 Å². The zero-order chi connectivity index (χ0) is 14.4. The molecule has 2 heteroatoms. The van der Waals surface area contributed by atoms with Crippen LogP contribution in [0.15, 0.2) is 24.3 Å². The molecule has 3 unspecified atom stereocenters. The molecular formula is C18H29NO. The summed E-state index contributed by atoms with van der Waals surface area (Å²) in [5.41, 5.74) is 2.60. The smallest absolute Gasteiger partial charge is 0.0952 e. The fourth-order valence-corrected chi connectivity index (χ4v) is 3.24. The summed E-state index contributed by atoms with van der Waals surface area (Å²) in [5.74, 6) is 0.744. The first kappa shape index (κ1) is 15.5. The molecule has 1 aliphatic rings. The quantitative estimate of drug-likeness (QED) is 0.838. The molecule has 0 radical (unpaired) electrons. The summed E-state index contributed by atoms with van der Waals surface area (Å²) in [7, 11) is 2.00. The van der Waals surface area contributed by atoms with Crippen LogP contribution in [0.1, 0.15) is 56.3 Å². The van der Waals surface area contributed by atoms with E-state index in [1.807, 2.05) is 7.05 Å². The van der Waals surface area contributed by atoms with Gasteiger partial charge in [0.2, 0.25) is 0 Å². The summed E-state index contributed by atoms with van der Waals surface area (Å²) in [6.45, 7) is 5.31. The van der Waals surface area contributed by atoms with Crippen molar-refractivity contribution in [1.29, 1.82) is 0 Å². The van der Waals surface area contributed by atoms with Crippen LogP contribution >= 0.6 is 0 Å². The van der Waals surface area contributed by atoms with Crippen LogP contribution in [0.3, 0.4) is 0 Å². The Bertz CT molecular complexity index is 387. The van der Waals surface area contributed by atoms with E-state index >= 15 is 0 Å². The maximum atomic E-state index is 6.50. The molecule has 0 amide bonds. The first-order valence-electron chi connectivity index (χ1n) is 8.11. The van der Waals surface area contributed by atoms with E-state index in [4.69, 9.17) is 4.74 Å². The van der Waals surface area contributed by atoms with Gasteiger partial charge >= 0.3 is 0 Å². The van der Waals surface area contributed by atoms with E-state index < -0.39 is 0 Å². The normalized spacial score (nSPS) is 24.6. The predicted molar refractivity (Wildman–Crippen MR) is 85.0 cm³/mol. The molecule has 1 fully saturated rings. The Morgan fingerprint density at radius 2 is 1.90 bits per heavy atom. The van der Waals surface area contributed by atoms with Gasteiger partial charge in [-0.25, -0.2) is 0 Å². The molecule has 3 atom stereocenters. The molecule has 0 saturated heterocycles. The average Bonchev–Trinajstić information content (AvgIpc) is 2.48. The summed E-state index contributed by atoms with van der Waals surface area (Å²) in [5, 5.41) is 3.28. The number of likely N-dealkylation sites (N-methyl/N-ethyl adjacent to an activating group) is 1. The van der Waals surface area contributed by atoms with Crippen LogP contribution in [0.2, 0.25) is 0 Å². The number of aryl methyl sites for hydroxylation is 1. The van der Waals surface area contributed by atoms with Crippen molar-refractivity contribution in [3.63, 3.8) is 0 Å². The summed E-state index contributed by atoms with van der Waals surface area (Å²) in [6.07, 6.45) is 7.11. The Balaban J connectivity index is 2.06. The van der Waals surface area contributed by atoms with Gasteiger partial charge in [-0.1, -0.05) is 56.0 Å². The molecule has 1 aromatic carbocycles. The van der Waals surface area contributed by atoms with Crippen LogP contribution in [0.4, 0.5) is 0 Å². The van der Waals surface area contributed by atoms with Crippen LogP contribution in [-0.4, -0.2) is 19.7 Å². The van der Waals surface area contributed by atoms with Gasteiger partial charge in [-0.15, -0.1) is 0 Å². The van der Waals surface area contributed by atoms with E-state index in [0.717, 1.165) is 12.5 Å². The van der Waals surface area contributed by atoms with E-state index in [-0.39, 0.29) is 6.10 Å². The third-order valence-corrected chi connectivity index (χ3v) is 4.54. The van der Waals surface area contributed by atoms with Gasteiger partial charge in [-0.05, 0) is 38.3 Å². The highest BCUT2D eigenvalue weighted by Crippen LogP contribution is 2.32. The number of benzene rings is 1. The van der Waals surface area contributed by atoms with Crippen molar-refractivity contribution in [1.82, 2.24) is 5.32 Å². The molecule has 1 aliphatic carbocycles. The molecule has 2 rings (SSSR count). The SMILES string of the molecule is CCC1CCCCC1OC(CNC)c1ccc(C)cc1. The first-order chi connectivity index (χ1) is 9.74. The van der Waals surface area contributed by atoms with Crippen molar-refractivity contribution in [3.8, 4) is 0 Å². The van der Waals surface area contributed by atoms with E-state index in [1.54, 1.807) is 0 Å². The number of rotatable bonds is 6. The predicted octanol–water partition coefficient (Wildman–Crippen LogP) is 4.24. The average molecular weight is 275 g/mol. The largest absolute Gasteiger partial charge is 0.369 e. The van der Waals surface area contributed by atoms with Gasteiger partial charge in [0, 0.05) is 6.54 Å². The summed E-state index contributed by atoms with van der Waals surface area (Å²) >= 11 is 0. The molecule has 112 valence electrons. The van der Waals surface area contributed by atoms with Gasteiger partial charge in [0.25, 0.3) is 0 Å². The first-order valence-corrected chi connectivity index (χ1v) is 8.11. The highest BCUT2D eigenvalue weighted by atomic mass is 16.5. The lowest BCUT2D eigenvalue weighted by Crippen LogP contribution is -2.31. The van der Waals surface area contributed by atoms with Crippen LogP contribution in [-0.2, 0) is 4.74 Å². The van der Waals surface area contributed by atoms with Crippen molar-refractivity contribution in [3.05, 3.63) is 35.4 Å². The third kappa shape index (κ3) is 4.07. The maximum Gasteiger partial charge on any atom is 0.0952 e. The zero-order valence-electron chi connectivity index (χ0n) is 13.2. The van der Waals surface area contributed by atoms with Crippen LogP contribution in [0, 0.1) is 12.8 Å². The van der Waals surface area contributed by atoms with Crippen molar-refractivity contribution >= 4 is 0 Å². The number of hydrogen-bond acceptors (Lipinski definition) is 2. The van der Waals surface area contributed by atoms with Crippen molar-refractivity contribution < 1.29 is 4.74 Å². The van der Waals surface area contributed by atoms with Crippen LogP contribution < -0.4 is 5.32 Å². The molecule has 0 aromatic heterocycles. The molecule has 0 heterocycles. The molecule has 0 aliphatic heterocycles. The van der Waals surface area contributed by atoms with Crippen molar-refractivity contribution in [2.75, 3.05) is 13.6 Å². The van der Waals surface area contributed by atoms with Gasteiger partial charge in [-0.3, -0.25) is 0 Å². The third-order valence-electron chi connectivity index (χ3n) is 4.54. The van der Waals surface area contributed by atoms with Crippen LogP contribution in [0.5, 0.6) is 0 Å². The zero-order valence-corrected chi connectivity index (χ0v) is 13.2. The van der Waals surface area contributed by atoms with Gasteiger partial charge in [-0.2, -0.15) is 0 Å². The molecule has 1 N–H and O–H groups in total. The van der Waals surface area contributed by atoms with E-state index in [1.165, 1.54) is 43.2 Å². The number of ether oxygens (including phenoxy) is 1. The fraction of sp³-hybridized carbons (Fsp3) is 0.667. The van der Waals surface area contributed by atoms with Crippen molar-refractivity contribution in [2.45, 2.75) is 58.2 Å². The molecular weight excluding hydrogens is 246 g/mol. The molecule has 1 saturated carbocycles. The fourth-order valence-electron chi connectivity index (χ4n) is 3.24. The van der Waals surface area contributed by atoms with Crippen LogP contribution in [0.25, 0.3) is 0 Å². The Labute approximate surface area is 123 Å². The Morgan fingerprint density at radius 3 is 2.55 bits per heavy atom. The summed E-state index contributed by atoms with van der Waals surface area (Å²) < 4.78 is 6.50. The highest BCUT2D eigenvalue weighted by Gasteiger charge is 2.27. The maximum absolute atomic E-state index is 6.50. The summed E-state index contributed by atoms with van der Waals surface area (Å²) in [4.78, 5) is 0. The Morgan fingerprint density at radius 1 is 1.20 bits per heavy atom. The molecule has 2 nitrogen and oxygen atoms in total. The lowest BCUT2D eigenvalue weighted by atomic mass is 9.84. The number of hydrogen-bond donors (Lipinski definition) is 1. The second kappa shape index (κ2) is 7.80. The van der Waals surface area contributed by atoms with Gasteiger partial charge < -0.3 is 10.1 Å². The van der Waals surface area contributed by atoms with Crippen molar-refractivity contribution in [2.24, 2.45) is 5.92 Å². The van der Waals surface area contributed by atoms with E-state index in [0.29, 0.717) is 6.10 Å². The molecule has 20 heavy (non-hydrogen) atoms. The second-order valence-corrected chi connectivity index (χ2v) is 6.08. The molecule has 1 aromatic rings. The minimum atomic E-state index is 0.178.